The number of para-hydroxylation sites is 2. The number of aryl methyl sites for hydroxylation is 1. The van der Waals surface area contributed by atoms with Gasteiger partial charge in [0.15, 0.2) is 30.0 Å². The van der Waals surface area contributed by atoms with Gasteiger partial charge in [-0.05, 0) is 32.0 Å². The van der Waals surface area contributed by atoms with Gasteiger partial charge >= 0.3 is 0 Å². The molecular weight excluding hydrogens is 378 g/mol. The second kappa shape index (κ2) is 8.22. The minimum atomic E-state index is -0.0967. The Morgan fingerprint density at radius 2 is 1.83 bits per heavy atom. The summed E-state index contributed by atoms with van der Waals surface area (Å²) in [5.41, 5.74) is 3.87. The van der Waals surface area contributed by atoms with Crippen molar-refractivity contribution in [1.82, 2.24) is 4.57 Å². The smallest absolute Gasteiger partial charge is 0.229 e. The number of ketones is 1. The number of nitrogens with zero attached hydrogens (tertiary/aromatic N) is 3. The summed E-state index contributed by atoms with van der Waals surface area (Å²) >= 11 is 0. The lowest BCUT2D eigenvalue weighted by Gasteiger charge is -2.27. The maximum Gasteiger partial charge on any atom is 0.229 e. The molecule has 0 aliphatic carbocycles. The summed E-state index contributed by atoms with van der Waals surface area (Å²) in [4.78, 5) is 15.0. The molecule has 6 heteroatoms. The van der Waals surface area contributed by atoms with Crippen molar-refractivity contribution in [3.8, 4) is 11.5 Å². The number of pyridine rings is 1. The van der Waals surface area contributed by atoms with Gasteiger partial charge in [-0.1, -0.05) is 12.1 Å². The van der Waals surface area contributed by atoms with Gasteiger partial charge in [-0.3, -0.25) is 4.79 Å². The molecule has 6 nitrogen and oxygen atoms in total. The third-order valence-electron chi connectivity index (χ3n) is 5.54. The summed E-state index contributed by atoms with van der Waals surface area (Å²) < 4.78 is 16.0. The zero-order valence-electron chi connectivity index (χ0n) is 18.0. The van der Waals surface area contributed by atoms with Crippen molar-refractivity contribution >= 4 is 11.5 Å². The average molecular weight is 407 g/mol. The largest absolute Gasteiger partial charge is 0.486 e. The first-order chi connectivity index (χ1) is 14.4. The van der Waals surface area contributed by atoms with Gasteiger partial charge in [0.25, 0.3) is 0 Å². The number of ether oxygens (including phenoxy) is 2. The Hall–Kier alpha value is -3.28. The van der Waals surface area contributed by atoms with Crippen LogP contribution in [0.4, 0.5) is 5.69 Å². The molecule has 0 saturated heterocycles. The van der Waals surface area contributed by atoms with Crippen molar-refractivity contribution in [2.24, 2.45) is 0 Å². The van der Waals surface area contributed by atoms with Crippen LogP contribution in [0.2, 0.25) is 0 Å². The van der Waals surface area contributed by atoms with Crippen molar-refractivity contribution in [3.05, 3.63) is 71.8 Å². The molecular formula is C24H28N3O3+. The molecule has 0 radical (unpaired) electrons. The highest BCUT2D eigenvalue weighted by atomic mass is 16.6. The van der Waals surface area contributed by atoms with Crippen molar-refractivity contribution in [2.75, 3.05) is 25.6 Å². The maximum absolute atomic E-state index is 13.0. The number of aromatic nitrogens is 2. The van der Waals surface area contributed by atoms with Gasteiger partial charge in [0.05, 0.1) is 6.54 Å². The van der Waals surface area contributed by atoms with Gasteiger partial charge in [-0.15, -0.1) is 0 Å². The predicted octanol–water partition coefficient (Wildman–Crippen LogP) is 3.18. The lowest BCUT2D eigenvalue weighted by atomic mass is 10.1. The second-order valence-corrected chi connectivity index (χ2v) is 7.94. The molecule has 0 N–H and O–H groups in total. The first kappa shape index (κ1) is 20.0. The molecule has 1 atom stereocenters. The van der Waals surface area contributed by atoms with E-state index in [4.69, 9.17) is 9.47 Å². The van der Waals surface area contributed by atoms with E-state index in [0.29, 0.717) is 19.7 Å². The van der Waals surface area contributed by atoms with E-state index < -0.39 is 0 Å². The van der Waals surface area contributed by atoms with Crippen molar-refractivity contribution in [1.29, 1.82) is 0 Å². The number of benzene rings is 1. The molecule has 0 unspecified atom stereocenters. The van der Waals surface area contributed by atoms with Crippen molar-refractivity contribution in [3.63, 3.8) is 0 Å². The highest BCUT2D eigenvalue weighted by molar-refractivity contribution is 5.96. The molecule has 3 aromatic rings. The van der Waals surface area contributed by atoms with E-state index in [9.17, 15) is 4.79 Å². The second-order valence-electron chi connectivity index (χ2n) is 7.94. The lowest BCUT2D eigenvalue weighted by Crippen LogP contribution is -2.37. The Morgan fingerprint density at radius 3 is 2.53 bits per heavy atom. The molecule has 2 aromatic heterocycles. The Balaban J connectivity index is 1.47. The number of carbonyl (C=O) groups is 1. The lowest BCUT2D eigenvalue weighted by molar-refractivity contribution is -0.683. The van der Waals surface area contributed by atoms with E-state index in [-0.39, 0.29) is 11.9 Å². The number of fused-ring (bicyclic) bond motifs is 1. The van der Waals surface area contributed by atoms with Crippen LogP contribution in [0, 0.1) is 13.8 Å². The maximum atomic E-state index is 13.0. The molecule has 0 saturated carbocycles. The van der Waals surface area contributed by atoms with Gasteiger partial charge < -0.3 is 18.9 Å². The number of hydrogen-bond acceptors (Lipinski definition) is 4. The summed E-state index contributed by atoms with van der Waals surface area (Å²) in [7, 11) is 4.00. The van der Waals surface area contributed by atoms with Crippen LogP contribution in [0.25, 0.3) is 0 Å². The number of rotatable bonds is 6. The van der Waals surface area contributed by atoms with Crippen LogP contribution in [-0.4, -0.2) is 37.2 Å². The number of anilines is 1. The quantitative estimate of drug-likeness (QED) is 0.466. The highest BCUT2D eigenvalue weighted by Crippen LogP contribution is 2.31. The van der Waals surface area contributed by atoms with Crippen LogP contribution in [0.1, 0.15) is 21.7 Å². The van der Waals surface area contributed by atoms with Gasteiger partial charge in [0.2, 0.25) is 12.3 Å². The molecule has 30 heavy (non-hydrogen) atoms. The Bertz CT molecular complexity index is 1050. The summed E-state index contributed by atoms with van der Waals surface area (Å²) in [6.07, 6.45) is 3.79. The standard InChI is InChI=1S/C24H28N3O3/c1-17-13-21(22(28)15-26-11-9-19(10-12-26)25(3)4)18(2)27(17)14-20-16-29-23-7-5-6-8-24(23)30-20/h5-13,20H,14-16H2,1-4H3/q+1/t20-/m0/s1. The molecule has 1 aromatic carbocycles. The summed E-state index contributed by atoms with van der Waals surface area (Å²) in [6, 6.07) is 13.7. The van der Waals surface area contributed by atoms with Gasteiger partial charge in [0.1, 0.15) is 6.61 Å². The van der Waals surface area contributed by atoms with Crippen LogP contribution in [0.15, 0.2) is 54.9 Å². The van der Waals surface area contributed by atoms with Crippen LogP contribution in [0.5, 0.6) is 11.5 Å². The van der Waals surface area contributed by atoms with Gasteiger partial charge in [-0.2, -0.15) is 4.57 Å². The number of carbonyl (C=O) groups excluding carboxylic acids is 1. The number of Topliss-reactive ketones (excluding diaryl/α,β-unsaturated/α-hetero) is 1. The predicted molar refractivity (Wildman–Crippen MR) is 116 cm³/mol. The molecule has 0 bridgehead atoms. The third-order valence-corrected chi connectivity index (χ3v) is 5.54. The Morgan fingerprint density at radius 1 is 1.13 bits per heavy atom. The van der Waals surface area contributed by atoms with Crippen molar-refractivity contribution < 1.29 is 18.8 Å². The minimum absolute atomic E-state index is 0.0967. The molecule has 0 amide bonds. The van der Waals surface area contributed by atoms with Crippen LogP contribution in [-0.2, 0) is 13.1 Å². The first-order valence-electron chi connectivity index (χ1n) is 10.2. The van der Waals surface area contributed by atoms with E-state index in [1.54, 1.807) is 0 Å². The topological polar surface area (TPSA) is 47.6 Å². The Kier molecular flexibility index (Phi) is 5.48. The highest BCUT2D eigenvalue weighted by Gasteiger charge is 2.24. The fourth-order valence-corrected chi connectivity index (χ4v) is 3.83. The van der Waals surface area contributed by atoms with Gasteiger partial charge in [-0.25, -0.2) is 0 Å². The summed E-state index contributed by atoms with van der Waals surface area (Å²) in [5, 5.41) is 0. The molecule has 156 valence electrons. The zero-order chi connectivity index (χ0) is 21.3. The van der Waals surface area contributed by atoms with E-state index in [2.05, 4.69) is 4.57 Å². The van der Waals surface area contributed by atoms with Crippen LogP contribution >= 0.6 is 0 Å². The molecule has 1 aliphatic heterocycles. The van der Waals surface area contributed by atoms with Crippen LogP contribution in [0.3, 0.4) is 0 Å². The van der Waals surface area contributed by atoms with E-state index >= 15 is 0 Å². The minimum Gasteiger partial charge on any atom is -0.486 e. The fourth-order valence-electron chi connectivity index (χ4n) is 3.83. The molecule has 4 rings (SSSR count). The normalized spacial score (nSPS) is 15.1. The SMILES string of the molecule is Cc1cc(C(=O)C[n+]2ccc(N(C)C)cc2)c(C)n1C[C@H]1COc2ccccc2O1. The van der Waals surface area contributed by atoms with E-state index in [1.807, 2.05) is 92.3 Å². The molecule has 0 fully saturated rings. The average Bonchev–Trinajstić information content (AvgIpc) is 3.02. The molecule has 1 aliphatic rings. The summed E-state index contributed by atoms with van der Waals surface area (Å²) in [5.74, 6) is 1.65. The van der Waals surface area contributed by atoms with E-state index in [1.165, 1.54) is 0 Å². The van der Waals surface area contributed by atoms with E-state index in [0.717, 1.165) is 34.1 Å². The summed E-state index contributed by atoms with van der Waals surface area (Å²) in [6.45, 7) is 5.47. The Labute approximate surface area is 177 Å². The molecule has 3 heterocycles. The molecule has 0 spiro atoms. The zero-order valence-corrected chi connectivity index (χ0v) is 18.0. The number of hydrogen-bond donors (Lipinski definition) is 0. The first-order valence-corrected chi connectivity index (χ1v) is 10.2. The third kappa shape index (κ3) is 4.03. The fraction of sp³-hybridized carbons (Fsp3) is 0.333. The monoisotopic (exact) mass is 406 g/mol. The van der Waals surface area contributed by atoms with Crippen molar-refractivity contribution in [2.45, 2.75) is 33.0 Å². The van der Waals surface area contributed by atoms with Crippen LogP contribution < -0.4 is 18.9 Å². The van der Waals surface area contributed by atoms with Gasteiger partial charge in [0, 0.05) is 48.9 Å².